The largest absolute Gasteiger partial charge is 0.389 e. The van der Waals surface area contributed by atoms with Gasteiger partial charge in [0.25, 0.3) is 5.91 Å². The van der Waals surface area contributed by atoms with Crippen LogP contribution in [0.1, 0.15) is 23.3 Å². The second-order valence-electron chi connectivity index (χ2n) is 4.69. The molecule has 2 N–H and O–H groups in total. The minimum absolute atomic E-state index is 0.137. The molecule has 1 aromatic heterocycles. The Balaban J connectivity index is 1.67. The van der Waals surface area contributed by atoms with Gasteiger partial charge in [0.1, 0.15) is 10.8 Å². The van der Waals surface area contributed by atoms with Crippen molar-refractivity contribution >= 4 is 17.5 Å². The molecule has 1 aliphatic carbocycles. The van der Waals surface area contributed by atoms with Crippen LogP contribution in [0.3, 0.4) is 0 Å². The molecule has 1 aliphatic rings. The minimum atomic E-state index is -0.707. The highest BCUT2D eigenvalue weighted by molar-refractivity contribution is 6.29. The number of aliphatic hydroxyl groups excluding tert-OH is 1. The van der Waals surface area contributed by atoms with Gasteiger partial charge in [0.15, 0.2) is 0 Å². The molecule has 5 nitrogen and oxygen atoms in total. The van der Waals surface area contributed by atoms with E-state index in [2.05, 4.69) is 10.3 Å². The number of halogens is 1. The van der Waals surface area contributed by atoms with Gasteiger partial charge in [0.2, 0.25) is 0 Å². The summed E-state index contributed by atoms with van der Waals surface area (Å²) in [7, 11) is 0. The first-order valence-electron chi connectivity index (χ1n) is 6.31. The number of hydrogen-bond donors (Lipinski definition) is 2. The molecule has 104 valence electrons. The summed E-state index contributed by atoms with van der Waals surface area (Å²) in [6, 6.07) is 4.81. The number of ether oxygens (including phenoxy) is 1. The van der Waals surface area contributed by atoms with Crippen LogP contribution >= 0.6 is 11.6 Å². The molecule has 1 atom stereocenters. The quantitative estimate of drug-likeness (QED) is 0.739. The van der Waals surface area contributed by atoms with Crippen molar-refractivity contribution < 1.29 is 14.6 Å². The van der Waals surface area contributed by atoms with E-state index in [1.165, 1.54) is 12.8 Å². The van der Waals surface area contributed by atoms with Gasteiger partial charge in [-0.1, -0.05) is 17.7 Å². The monoisotopic (exact) mass is 284 g/mol. The molecular weight excluding hydrogens is 268 g/mol. The van der Waals surface area contributed by atoms with Crippen molar-refractivity contribution in [2.24, 2.45) is 5.92 Å². The summed E-state index contributed by atoms with van der Waals surface area (Å²) in [5.74, 6) is 0.307. The second-order valence-corrected chi connectivity index (χ2v) is 5.08. The first-order chi connectivity index (χ1) is 9.15. The Kier molecular flexibility index (Phi) is 5.13. The minimum Gasteiger partial charge on any atom is -0.389 e. The molecule has 2 rings (SSSR count). The molecule has 0 aliphatic heterocycles. The average Bonchev–Trinajstić information content (AvgIpc) is 3.20. The van der Waals surface area contributed by atoms with Crippen molar-refractivity contribution in [3.63, 3.8) is 0 Å². The third-order valence-corrected chi connectivity index (χ3v) is 3.02. The van der Waals surface area contributed by atoms with E-state index in [9.17, 15) is 9.90 Å². The number of nitrogens with zero attached hydrogens (tertiary/aromatic N) is 1. The predicted octanol–water partition coefficient (Wildman–Crippen LogP) is 1.25. The molecule has 1 aromatic rings. The number of amides is 1. The summed E-state index contributed by atoms with van der Waals surface area (Å²) in [6.07, 6.45) is 1.72. The second kappa shape index (κ2) is 6.84. The van der Waals surface area contributed by atoms with Crippen LogP contribution < -0.4 is 5.32 Å². The van der Waals surface area contributed by atoms with Crippen molar-refractivity contribution in [2.75, 3.05) is 19.8 Å². The lowest BCUT2D eigenvalue weighted by molar-refractivity contribution is 0.0320. The molecule has 1 fully saturated rings. The van der Waals surface area contributed by atoms with E-state index in [-0.39, 0.29) is 29.9 Å². The van der Waals surface area contributed by atoms with E-state index < -0.39 is 6.10 Å². The first kappa shape index (κ1) is 14.2. The molecule has 1 amide bonds. The smallest absolute Gasteiger partial charge is 0.270 e. The summed E-state index contributed by atoms with van der Waals surface area (Å²) in [4.78, 5) is 15.6. The van der Waals surface area contributed by atoms with Gasteiger partial charge < -0.3 is 15.2 Å². The lowest BCUT2D eigenvalue weighted by Crippen LogP contribution is -2.35. The van der Waals surface area contributed by atoms with Crippen LogP contribution in [-0.2, 0) is 4.74 Å². The van der Waals surface area contributed by atoms with Gasteiger partial charge in [-0.2, -0.15) is 0 Å². The molecule has 1 heterocycles. The van der Waals surface area contributed by atoms with E-state index in [4.69, 9.17) is 16.3 Å². The molecule has 6 heteroatoms. The summed E-state index contributed by atoms with van der Waals surface area (Å²) < 4.78 is 5.34. The van der Waals surface area contributed by atoms with Crippen molar-refractivity contribution in [1.29, 1.82) is 0 Å². The van der Waals surface area contributed by atoms with Crippen LogP contribution in [0.25, 0.3) is 0 Å². The molecule has 0 aromatic carbocycles. The van der Waals surface area contributed by atoms with Gasteiger partial charge >= 0.3 is 0 Å². The SMILES string of the molecule is O=C(NCC(O)COCC1CC1)c1cccc(Cl)n1. The number of pyridine rings is 1. The third kappa shape index (κ3) is 5.14. The molecule has 0 spiro atoms. The number of nitrogens with one attached hydrogen (secondary N) is 1. The highest BCUT2D eigenvalue weighted by Crippen LogP contribution is 2.28. The Bertz CT molecular complexity index is 438. The average molecular weight is 285 g/mol. The Hall–Kier alpha value is -1.17. The Labute approximate surface area is 116 Å². The third-order valence-electron chi connectivity index (χ3n) is 2.81. The molecule has 0 saturated heterocycles. The molecular formula is C13H17ClN2O3. The van der Waals surface area contributed by atoms with Gasteiger partial charge in [-0.05, 0) is 30.9 Å². The Morgan fingerprint density at radius 1 is 1.58 bits per heavy atom. The first-order valence-corrected chi connectivity index (χ1v) is 6.69. The molecule has 0 bridgehead atoms. The van der Waals surface area contributed by atoms with Crippen LogP contribution in [0.4, 0.5) is 0 Å². The standard InChI is InChI=1S/C13H17ClN2O3/c14-12-3-1-2-11(16-12)13(18)15-6-10(17)8-19-7-9-4-5-9/h1-3,9-10,17H,4-8H2,(H,15,18). The molecule has 1 unspecified atom stereocenters. The number of hydrogen-bond acceptors (Lipinski definition) is 4. The number of rotatable bonds is 7. The number of carbonyl (C=O) groups excluding carboxylic acids is 1. The molecule has 1 saturated carbocycles. The summed E-state index contributed by atoms with van der Waals surface area (Å²) in [5, 5.41) is 12.5. The number of aliphatic hydroxyl groups is 1. The van der Waals surface area contributed by atoms with Crippen LogP contribution in [0, 0.1) is 5.92 Å². The van der Waals surface area contributed by atoms with E-state index in [1.54, 1.807) is 18.2 Å². The van der Waals surface area contributed by atoms with Crippen molar-refractivity contribution in [3.8, 4) is 0 Å². The fourth-order valence-corrected chi connectivity index (χ4v) is 1.71. The van der Waals surface area contributed by atoms with Gasteiger partial charge in [-0.3, -0.25) is 4.79 Å². The molecule has 0 radical (unpaired) electrons. The maximum Gasteiger partial charge on any atom is 0.270 e. The van der Waals surface area contributed by atoms with Crippen LogP contribution in [0.15, 0.2) is 18.2 Å². The highest BCUT2D eigenvalue weighted by Gasteiger charge is 2.21. The van der Waals surface area contributed by atoms with Crippen molar-refractivity contribution in [1.82, 2.24) is 10.3 Å². The van der Waals surface area contributed by atoms with E-state index in [1.807, 2.05) is 0 Å². The zero-order chi connectivity index (χ0) is 13.7. The summed E-state index contributed by atoms with van der Waals surface area (Å²) in [5.41, 5.74) is 0.235. The maximum atomic E-state index is 11.7. The predicted molar refractivity (Wildman–Crippen MR) is 71.1 cm³/mol. The van der Waals surface area contributed by atoms with E-state index >= 15 is 0 Å². The number of aromatic nitrogens is 1. The van der Waals surface area contributed by atoms with Crippen molar-refractivity contribution in [3.05, 3.63) is 29.0 Å². The van der Waals surface area contributed by atoms with Gasteiger partial charge in [-0.15, -0.1) is 0 Å². The lowest BCUT2D eigenvalue weighted by atomic mass is 10.3. The number of carbonyl (C=O) groups is 1. The van der Waals surface area contributed by atoms with E-state index in [0.717, 1.165) is 0 Å². The topological polar surface area (TPSA) is 71.5 Å². The van der Waals surface area contributed by atoms with Crippen LogP contribution in [0.2, 0.25) is 5.15 Å². The van der Waals surface area contributed by atoms with Gasteiger partial charge in [0.05, 0.1) is 12.7 Å². The normalized spacial score (nSPS) is 16.1. The lowest BCUT2D eigenvalue weighted by Gasteiger charge is -2.12. The summed E-state index contributed by atoms with van der Waals surface area (Å²) >= 11 is 5.70. The van der Waals surface area contributed by atoms with Crippen LogP contribution in [-0.4, -0.2) is 41.9 Å². The van der Waals surface area contributed by atoms with Crippen LogP contribution in [0.5, 0.6) is 0 Å². The Morgan fingerprint density at radius 3 is 3.05 bits per heavy atom. The zero-order valence-electron chi connectivity index (χ0n) is 10.5. The highest BCUT2D eigenvalue weighted by atomic mass is 35.5. The zero-order valence-corrected chi connectivity index (χ0v) is 11.3. The van der Waals surface area contributed by atoms with Crippen molar-refractivity contribution in [2.45, 2.75) is 18.9 Å². The van der Waals surface area contributed by atoms with Gasteiger partial charge in [0, 0.05) is 13.2 Å². The Morgan fingerprint density at radius 2 is 2.37 bits per heavy atom. The fourth-order valence-electron chi connectivity index (χ4n) is 1.55. The molecule has 19 heavy (non-hydrogen) atoms. The fraction of sp³-hybridized carbons (Fsp3) is 0.538. The maximum absolute atomic E-state index is 11.7. The van der Waals surface area contributed by atoms with Gasteiger partial charge in [-0.25, -0.2) is 4.98 Å². The summed E-state index contributed by atoms with van der Waals surface area (Å²) in [6.45, 7) is 1.07. The van der Waals surface area contributed by atoms with E-state index in [0.29, 0.717) is 12.5 Å².